The van der Waals surface area contributed by atoms with Crippen LogP contribution in [0.3, 0.4) is 0 Å². The number of phenolic OH excluding ortho intramolecular Hbond substituents is 1. The van der Waals surface area contributed by atoms with Crippen molar-refractivity contribution in [2.75, 3.05) is 20.8 Å². The van der Waals surface area contributed by atoms with Gasteiger partial charge in [-0.05, 0) is 42.0 Å². The van der Waals surface area contributed by atoms with Crippen LogP contribution in [-0.4, -0.2) is 37.7 Å². The zero-order valence-corrected chi connectivity index (χ0v) is 15.3. The fourth-order valence-corrected chi connectivity index (χ4v) is 2.41. The van der Waals surface area contributed by atoms with Gasteiger partial charge < -0.3 is 29.2 Å². The van der Waals surface area contributed by atoms with E-state index in [-0.39, 0.29) is 33.8 Å². The Morgan fingerprint density at radius 1 is 1.11 bits per heavy atom. The largest absolute Gasteiger partial charge is 0.546 e. The minimum atomic E-state index is -1.37. The highest BCUT2D eigenvalue weighted by atomic mass is 35.5. The number of phenols is 1. The summed E-state index contributed by atoms with van der Waals surface area (Å²) in [6.45, 7) is -0.632. The molecule has 2 aromatic rings. The molecule has 0 aliphatic rings. The van der Waals surface area contributed by atoms with Crippen molar-refractivity contribution < 1.29 is 34.0 Å². The predicted molar refractivity (Wildman–Crippen MR) is 96.5 cm³/mol. The second-order valence-electron chi connectivity index (χ2n) is 5.28. The Kier molecular flexibility index (Phi) is 6.67. The summed E-state index contributed by atoms with van der Waals surface area (Å²) in [5.74, 6) is -1.31. The number of allylic oxidation sites excluding steroid dienone is 1. The molecule has 2 rings (SSSR count). The molecule has 0 saturated carbocycles. The van der Waals surface area contributed by atoms with Gasteiger partial charge in [-0.3, -0.25) is 4.79 Å². The van der Waals surface area contributed by atoms with Crippen molar-refractivity contribution in [3.63, 3.8) is 0 Å². The molecular weight excluding hydrogens is 376 g/mol. The molecular formula is C19H16ClO7-. The van der Waals surface area contributed by atoms with Crippen LogP contribution in [0.25, 0.3) is 6.08 Å². The van der Waals surface area contributed by atoms with Crippen molar-refractivity contribution >= 4 is 29.4 Å². The summed E-state index contributed by atoms with van der Waals surface area (Å²) in [6.07, 6.45) is 2.84. The normalized spacial score (nSPS) is 10.6. The molecule has 0 bridgehead atoms. The van der Waals surface area contributed by atoms with Gasteiger partial charge in [0.15, 0.2) is 28.8 Å². The third kappa shape index (κ3) is 5.15. The second-order valence-corrected chi connectivity index (χ2v) is 5.68. The number of carbonyl (C=O) groups is 2. The molecule has 0 atom stereocenters. The fourth-order valence-electron chi connectivity index (χ4n) is 2.19. The molecule has 0 fully saturated rings. The summed E-state index contributed by atoms with van der Waals surface area (Å²) in [7, 11) is 2.76. The van der Waals surface area contributed by atoms with Gasteiger partial charge in [-0.15, -0.1) is 0 Å². The Labute approximate surface area is 160 Å². The maximum Gasteiger partial charge on any atom is 0.185 e. The minimum Gasteiger partial charge on any atom is -0.546 e. The van der Waals surface area contributed by atoms with Crippen molar-refractivity contribution in [3.05, 3.63) is 52.6 Å². The molecule has 0 unspecified atom stereocenters. The summed E-state index contributed by atoms with van der Waals surface area (Å²) < 4.78 is 15.2. The second kappa shape index (κ2) is 8.95. The number of aliphatic carboxylic acids is 1. The number of rotatable bonds is 8. The fraction of sp³-hybridized carbons (Fsp3) is 0.158. The van der Waals surface area contributed by atoms with E-state index in [0.717, 1.165) is 0 Å². The first-order chi connectivity index (χ1) is 12.8. The molecule has 0 heterocycles. The Morgan fingerprint density at radius 3 is 2.44 bits per heavy atom. The van der Waals surface area contributed by atoms with Crippen molar-refractivity contribution in [2.24, 2.45) is 0 Å². The average molecular weight is 392 g/mol. The lowest BCUT2D eigenvalue weighted by atomic mass is 10.1. The number of methoxy groups -OCH3 is 2. The summed E-state index contributed by atoms with van der Waals surface area (Å²) >= 11 is 5.91. The lowest BCUT2D eigenvalue weighted by molar-refractivity contribution is -0.307. The number of benzene rings is 2. The smallest absolute Gasteiger partial charge is 0.185 e. The Hall–Kier alpha value is -3.19. The van der Waals surface area contributed by atoms with E-state index in [1.54, 1.807) is 0 Å². The first-order valence-corrected chi connectivity index (χ1v) is 8.03. The highest BCUT2D eigenvalue weighted by molar-refractivity contribution is 6.32. The van der Waals surface area contributed by atoms with Gasteiger partial charge in [0.05, 0.1) is 25.2 Å². The number of hydrogen-bond donors (Lipinski definition) is 1. The van der Waals surface area contributed by atoms with E-state index in [2.05, 4.69) is 0 Å². The van der Waals surface area contributed by atoms with E-state index in [4.69, 9.17) is 25.8 Å². The average Bonchev–Trinajstić information content (AvgIpc) is 2.66. The van der Waals surface area contributed by atoms with Crippen LogP contribution in [0.15, 0.2) is 36.4 Å². The van der Waals surface area contributed by atoms with Gasteiger partial charge >= 0.3 is 0 Å². The Bertz CT molecular complexity index is 890. The quantitative estimate of drug-likeness (QED) is 0.542. The van der Waals surface area contributed by atoms with Crippen LogP contribution in [0.2, 0.25) is 5.02 Å². The van der Waals surface area contributed by atoms with Crippen LogP contribution in [0.5, 0.6) is 23.0 Å². The Balaban J connectivity index is 2.21. The highest BCUT2D eigenvalue weighted by Crippen LogP contribution is 2.35. The van der Waals surface area contributed by atoms with E-state index >= 15 is 0 Å². The number of ether oxygens (including phenoxy) is 3. The van der Waals surface area contributed by atoms with Crippen molar-refractivity contribution in [2.45, 2.75) is 0 Å². The number of carboxylic acid groups (broad SMARTS) is 1. The van der Waals surface area contributed by atoms with Crippen LogP contribution in [0.1, 0.15) is 15.9 Å². The summed E-state index contributed by atoms with van der Waals surface area (Å²) in [4.78, 5) is 22.9. The molecule has 1 N–H and O–H groups in total. The number of aromatic hydroxyl groups is 1. The van der Waals surface area contributed by atoms with Crippen molar-refractivity contribution in [1.29, 1.82) is 0 Å². The number of carboxylic acids is 1. The van der Waals surface area contributed by atoms with Crippen LogP contribution in [0.4, 0.5) is 0 Å². The molecule has 2 aromatic carbocycles. The lowest BCUT2D eigenvalue weighted by Gasteiger charge is -2.11. The SMILES string of the molecule is COc1cc(C(=O)/C=C/c2cc(Cl)c(O)c(OC)c2)ccc1OCC(=O)[O-]. The molecule has 0 aliphatic heterocycles. The topological polar surface area (TPSA) is 105 Å². The molecule has 0 radical (unpaired) electrons. The standard InChI is InChI=1S/C19H17ClO7/c1-25-16-9-12(4-6-15(16)27-10-18(22)23)14(21)5-3-11-7-13(20)19(24)17(8-11)26-2/h3-9,24H,10H2,1-2H3,(H,22,23)/p-1/b5-3+. The van der Waals surface area contributed by atoms with E-state index < -0.39 is 12.6 Å². The van der Waals surface area contributed by atoms with E-state index in [1.165, 1.54) is 56.7 Å². The van der Waals surface area contributed by atoms with Gasteiger partial charge in [-0.25, -0.2) is 0 Å². The molecule has 142 valence electrons. The van der Waals surface area contributed by atoms with Gasteiger partial charge in [0.1, 0.15) is 6.61 Å². The van der Waals surface area contributed by atoms with E-state index in [0.29, 0.717) is 11.1 Å². The van der Waals surface area contributed by atoms with E-state index in [1.807, 2.05) is 0 Å². The Morgan fingerprint density at radius 2 is 1.81 bits per heavy atom. The molecule has 0 aromatic heterocycles. The minimum absolute atomic E-state index is 0.0949. The van der Waals surface area contributed by atoms with Gasteiger partial charge in [-0.1, -0.05) is 17.7 Å². The molecule has 0 spiro atoms. The van der Waals surface area contributed by atoms with Crippen LogP contribution < -0.4 is 19.3 Å². The molecule has 0 amide bonds. The van der Waals surface area contributed by atoms with Crippen LogP contribution in [-0.2, 0) is 4.79 Å². The van der Waals surface area contributed by atoms with Crippen LogP contribution in [0, 0.1) is 0 Å². The molecule has 27 heavy (non-hydrogen) atoms. The lowest BCUT2D eigenvalue weighted by Crippen LogP contribution is -2.29. The van der Waals surface area contributed by atoms with Crippen molar-refractivity contribution in [3.8, 4) is 23.0 Å². The summed E-state index contributed by atoms with van der Waals surface area (Å²) in [6, 6.07) is 7.36. The highest BCUT2D eigenvalue weighted by Gasteiger charge is 2.11. The number of hydrogen-bond acceptors (Lipinski definition) is 7. The summed E-state index contributed by atoms with van der Waals surface area (Å²) in [5.41, 5.74) is 0.865. The number of carbonyl (C=O) groups excluding carboxylic acids is 2. The maximum absolute atomic E-state index is 12.4. The number of ketones is 1. The zero-order chi connectivity index (χ0) is 20.0. The molecule has 0 aliphatic carbocycles. The third-order valence-electron chi connectivity index (χ3n) is 3.49. The molecule has 0 saturated heterocycles. The van der Waals surface area contributed by atoms with Crippen LogP contribution >= 0.6 is 11.6 Å². The monoisotopic (exact) mass is 391 g/mol. The molecule has 8 heteroatoms. The van der Waals surface area contributed by atoms with Gasteiger partial charge in [0.25, 0.3) is 0 Å². The number of halogens is 1. The summed E-state index contributed by atoms with van der Waals surface area (Å²) in [5, 5.41) is 20.3. The zero-order valence-electron chi connectivity index (χ0n) is 14.5. The molecule has 7 nitrogen and oxygen atoms in total. The van der Waals surface area contributed by atoms with Crippen molar-refractivity contribution in [1.82, 2.24) is 0 Å². The third-order valence-corrected chi connectivity index (χ3v) is 3.78. The van der Waals surface area contributed by atoms with Gasteiger partial charge in [-0.2, -0.15) is 0 Å². The predicted octanol–water partition coefficient (Wildman–Crippen LogP) is 2.09. The van der Waals surface area contributed by atoms with E-state index in [9.17, 15) is 19.8 Å². The van der Waals surface area contributed by atoms with Gasteiger partial charge in [0, 0.05) is 5.56 Å². The first-order valence-electron chi connectivity index (χ1n) is 7.65. The van der Waals surface area contributed by atoms with Gasteiger partial charge in [0.2, 0.25) is 0 Å². The first kappa shape index (κ1) is 20.1. The maximum atomic E-state index is 12.4.